The van der Waals surface area contributed by atoms with Crippen molar-refractivity contribution >= 4 is 21.5 Å². The fourth-order valence-electron chi connectivity index (χ4n) is 7.76. The molecule has 0 amide bonds. The molecule has 7 aromatic carbocycles. The lowest BCUT2D eigenvalue weighted by molar-refractivity contribution is 1.18. The second-order valence-corrected chi connectivity index (χ2v) is 13.9. The van der Waals surface area contributed by atoms with E-state index in [1.54, 1.807) is 12.4 Å². The topological polar surface area (TPSA) is 51.6 Å². The quantitative estimate of drug-likeness (QED) is 0.154. The van der Waals surface area contributed by atoms with E-state index in [1.165, 1.54) is 38.4 Å². The van der Waals surface area contributed by atoms with E-state index in [1.807, 2.05) is 24.5 Å². The minimum absolute atomic E-state index is 0.667. The van der Waals surface area contributed by atoms with E-state index in [4.69, 9.17) is 9.97 Å². The molecule has 4 heteroatoms. The Hall–Kier alpha value is -7.56. The molecule has 0 aliphatic heterocycles. The molecule has 0 aliphatic carbocycles. The van der Waals surface area contributed by atoms with Crippen LogP contribution >= 0.6 is 0 Å². The maximum absolute atomic E-state index is 5.29. The van der Waals surface area contributed by atoms with Crippen molar-refractivity contribution in [1.82, 2.24) is 19.9 Å². The first-order valence-electron chi connectivity index (χ1n) is 18.8. The molecule has 0 aliphatic rings. The molecule has 3 aromatic heterocycles. The van der Waals surface area contributed by atoms with Crippen LogP contribution in [0.15, 0.2) is 207 Å². The Morgan fingerprint density at radius 1 is 0.268 bits per heavy atom. The molecule has 0 unspecified atom stereocenters. The summed E-state index contributed by atoms with van der Waals surface area (Å²) in [6.45, 7) is 0. The highest BCUT2D eigenvalue weighted by atomic mass is 14.9. The van der Waals surface area contributed by atoms with Crippen molar-refractivity contribution in [2.45, 2.75) is 0 Å². The summed E-state index contributed by atoms with van der Waals surface area (Å²) in [5, 5.41) is 4.78. The van der Waals surface area contributed by atoms with Crippen molar-refractivity contribution in [3.63, 3.8) is 0 Å². The number of hydrogen-bond acceptors (Lipinski definition) is 4. The van der Waals surface area contributed by atoms with Crippen molar-refractivity contribution < 1.29 is 0 Å². The lowest BCUT2D eigenvalue weighted by atomic mass is 9.85. The van der Waals surface area contributed by atoms with E-state index in [0.717, 1.165) is 55.7 Å². The molecule has 0 radical (unpaired) electrons. The van der Waals surface area contributed by atoms with Gasteiger partial charge in [0.25, 0.3) is 0 Å². The van der Waals surface area contributed by atoms with Gasteiger partial charge in [-0.2, -0.15) is 0 Å². The number of aromatic nitrogens is 4. The van der Waals surface area contributed by atoms with Crippen LogP contribution in [0.25, 0.3) is 100.0 Å². The summed E-state index contributed by atoms with van der Waals surface area (Å²) < 4.78 is 0. The molecule has 0 atom stereocenters. The molecule has 0 bridgehead atoms. The maximum Gasteiger partial charge on any atom is 0.160 e. The van der Waals surface area contributed by atoms with Crippen LogP contribution in [0.3, 0.4) is 0 Å². The number of hydrogen-bond donors (Lipinski definition) is 0. The van der Waals surface area contributed by atoms with Crippen LogP contribution in [0, 0.1) is 0 Å². The standard InChI is InChI=1S/C52H34N4/c1-3-11-39(12-4-1)50-44-17-7-8-18-45(44)51(40-13-5-2-6-14-40)47-31-41(27-28-46(47)50)52-55-48(37-23-19-35(20-24-37)42-15-9-29-53-33-42)32-49(56-52)38-25-21-36(22-26-38)43-16-10-30-54-34-43/h1-34H. The Bertz CT molecular complexity index is 2860. The summed E-state index contributed by atoms with van der Waals surface area (Å²) in [5.41, 5.74) is 13.8. The smallest absolute Gasteiger partial charge is 0.160 e. The van der Waals surface area contributed by atoms with E-state index in [0.29, 0.717) is 5.82 Å². The van der Waals surface area contributed by atoms with Gasteiger partial charge in [0, 0.05) is 41.5 Å². The third-order valence-corrected chi connectivity index (χ3v) is 10.5. The highest BCUT2D eigenvalue weighted by molar-refractivity contribution is 6.21. The summed E-state index contributed by atoms with van der Waals surface area (Å²) in [6.07, 6.45) is 7.37. The molecule has 0 saturated carbocycles. The molecule has 10 aromatic rings. The molecule has 4 nitrogen and oxygen atoms in total. The SMILES string of the molecule is c1ccc(-c2c3ccccc3c(-c3ccccc3)c3cc(-c4nc(-c5ccc(-c6cccnc6)cc5)cc(-c5ccc(-c6cccnc6)cc5)n4)ccc23)cc1. The predicted octanol–water partition coefficient (Wildman–Crippen LogP) is 13.2. The first-order valence-corrected chi connectivity index (χ1v) is 18.8. The minimum Gasteiger partial charge on any atom is -0.264 e. The third-order valence-electron chi connectivity index (χ3n) is 10.5. The normalized spacial score (nSPS) is 11.2. The van der Waals surface area contributed by atoms with Gasteiger partial charge in [0.05, 0.1) is 11.4 Å². The van der Waals surface area contributed by atoms with Gasteiger partial charge >= 0.3 is 0 Å². The van der Waals surface area contributed by atoms with E-state index in [2.05, 4.69) is 180 Å². The van der Waals surface area contributed by atoms with Gasteiger partial charge in [-0.1, -0.05) is 158 Å². The van der Waals surface area contributed by atoms with Gasteiger partial charge in [-0.3, -0.25) is 9.97 Å². The fourth-order valence-corrected chi connectivity index (χ4v) is 7.76. The van der Waals surface area contributed by atoms with Gasteiger partial charge in [0.1, 0.15) is 0 Å². The van der Waals surface area contributed by atoms with Gasteiger partial charge < -0.3 is 0 Å². The molecule has 0 saturated heterocycles. The molecular weight excluding hydrogens is 681 g/mol. The van der Waals surface area contributed by atoms with Crippen LogP contribution in [-0.2, 0) is 0 Å². The molecule has 10 rings (SSSR count). The van der Waals surface area contributed by atoms with Crippen LogP contribution in [0.1, 0.15) is 0 Å². The summed E-state index contributed by atoms with van der Waals surface area (Å²) in [5.74, 6) is 0.667. The Morgan fingerprint density at radius 3 is 1.16 bits per heavy atom. The zero-order valence-corrected chi connectivity index (χ0v) is 30.4. The zero-order valence-electron chi connectivity index (χ0n) is 30.4. The first kappa shape index (κ1) is 33.0. The average Bonchev–Trinajstić information content (AvgIpc) is 3.29. The molecular formula is C52H34N4. The van der Waals surface area contributed by atoms with Crippen LogP contribution in [0.5, 0.6) is 0 Å². The second kappa shape index (κ2) is 14.3. The highest BCUT2D eigenvalue weighted by Gasteiger charge is 2.19. The van der Waals surface area contributed by atoms with Gasteiger partial charge in [-0.25, -0.2) is 9.97 Å². The van der Waals surface area contributed by atoms with Crippen LogP contribution in [-0.4, -0.2) is 19.9 Å². The van der Waals surface area contributed by atoms with Crippen molar-refractivity contribution in [3.05, 3.63) is 207 Å². The van der Waals surface area contributed by atoms with Gasteiger partial charge in [-0.15, -0.1) is 0 Å². The Labute approximate surface area is 325 Å². The van der Waals surface area contributed by atoms with Gasteiger partial charge in [0.2, 0.25) is 0 Å². The van der Waals surface area contributed by atoms with Crippen LogP contribution < -0.4 is 0 Å². The molecule has 0 spiro atoms. The van der Waals surface area contributed by atoms with Crippen molar-refractivity contribution in [2.24, 2.45) is 0 Å². The molecule has 3 heterocycles. The maximum atomic E-state index is 5.29. The number of pyridine rings is 2. The zero-order chi connectivity index (χ0) is 37.3. The van der Waals surface area contributed by atoms with Crippen molar-refractivity contribution in [2.75, 3.05) is 0 Å². The molecule has 0 N–H and O–H groups in total. The van der Waals surface area contributed by atoms with E-state index in [9.17, 15) is 0 Å². The minimum atomic E-state index is 0.667. The van der Waals surface area contributed by atoms with E-state index in [-0.39, 0.29) is 0 Å². The molecule has 56 heavy (non-hydrogen) atoms. The molecule has 0 fully saturated rings. The largest absolute Gasteiger partial charge is 0.264 e. The first-order chi connectivity index (χ1) is 27.8. The second-order valence-electron chi connectivity index (χ2n) is 13.9. The Kier molecular flexibility index (Phi) is 8.47. The van der Waals surface area contributed by atoms with Gasteiger partial charge in [0.15, 0.2) is 5.82 Å². The van der Waals surface area contributed by atoms with Crippen molar-refractivity contribution in [3.8, 4) is 78.4 Å². The summed E-state index contributed by atoms with van der Waals surface area (Å²) >= 11 is 0. The number of nitrogens with zero attached hydrogens (tertiary/aromatic N) is 4. The summed E-state index contributed by atoms with van der Waals surface area (Å²) in [6, 6.07) is 64.2. The van der Waals surface area contributed by atoms with Gasteiger partial charge in [-0.05, 0) is 90.3 Å². The monoisotopic (exact) mass is 714 g/mol. The fraction of sp³-hybridized carbons (Fsp3) is 0. The third kappa shape index (κ3) is 6.19. The van der Waals surface area contributed by atoms with E-state index < -0.39 is 0 Å². The highest BCUT2D eigenvalue weighted by Crippen LogP contribution is 2.45. The van der Waals surface area contributed by atoms with E-state index >= 15 is 0 Å². The van der Waals surface area contributed by atoms with Crippen molar-refractivity contribution in [1.29, 1.82) is 0 Å². The lowest BCUT2D eigenvalue weighted by Gasteiger charge is -2.18. The average molecular weight is 715 g/mol. The summed E-state index contributed by atoms with van der Waals surface area (Å²) in [7, 11) is 0. The number of fused-ring (bicyclic) bond motifs is 2. The number of rotatable bonds is 7. The van der Waals surface area contributed by atoms with Crippen LogP contribution in [0.2, 0.25) is 0 Å². The molecule has 262 valence electrons. The predicted molar refractivity (Wildman–Crippen MR) is 231 cm³/mol. The summed E-state index contributed by atoms with van der Waals surface area (Å²) in [4.78, 5) is 19.2. The van der Waals surface area contributed by atoms with Crippen LogP contribution in [0.4, 0.5) is 0 Å². The Morgan fingerprint density at radius 2 is 0.679 bits per heavy atom. The number of benzene rings is 7. The lowest BCUT2D eigenvalue weighted by Crippen LogP contribution is -1.97. The Balaban J connectivity index is 1.18.